The van der Waals surface area contributed by atoms with Gasteiger partial charge in [0.25, 0.3) is 5.69 Å². The molecular formula is C16H17F3N4O4. The highest BCUT2D eigenvalue weighted by Crippen LogP contribution is 2.40. The summed E-state index contributed by atoms with van der Waals surface area (Å²) in [5, 5.41) is 23.3. The maximum absolute atomic E-state index is 13.4. The Morgan fingerprint density at radius 1 is 1.37 bits per heavy atom. The summed E-state index contributed by atoms with van der Waals surface area (Å²) in [6.45, 7) is -0.498. The van der Waals surface area contributed by atoms with E-state index in [0.717, 1.165) is 10.8 Å². The van der Waals surface area contributed by atoms with Crippen molar-refractivity contribution in [2.24, 2.45) is 7.05 Å². The van der Waals surface area contributed by atoms with E-state index in [2.05, 4.69) is 10.3 Å². The van der Waals surface area contributed by atoms with E-state index in [1.54, 1.807) is 0 Å². The van der Waals surface area contributed by atoms with E-state index < -0.39 is 41.4 Å². The van der Waals surface area contributed by atoms with Crippen LogP contribution in [0.2, 0.25) is 0 Å². The van der Waals surface area contributed by atoms with Crippen molar-refractivity contribution in [2.75, 3.05) is 6.54 Å². The van der Waals surface area contributed by atoms with Gasteiger partial charge in [0.1, 0.15) is 5.82 Å². The van der Waals surface area contributed by atoms with E-state index >= 15 is 0 Å². The van der Waals surface area contributed by atoms with Gasteiger partial charge in [-0.1, -0.05) is 18.2 Å². The molecule has 0 aliphatic rings. The number of nitrogens with zero attached hydrogens (tertiary/aromatic N) is 3. The van der Waals surface area contributed by atoms with E-state index in [4.69, 9.17) is 0 Å². The topological polar surface area (TPSA) is 110 Å². The molecule has 0 aliphatic heterocycles. The number of amides is 1. The molecule has 1 amide bonds. The van der Waals surface area contributed by atoms with Gasteiger partial charge in [-0.3, -0.25) is 14.9 Å². The van der Waals surface area contributed by atoms with Gasteiger partial charge in [-0.25, -0.2) is 4.98 Å². The highest BCUT2D eigenvalue weighted by atomic mass is 19.4. The molecule has 27 heavy (non-hydrogen) atoms. The van der Waals surface area contributed by atoms with Gasteiger partial charge in [-0.05, 0) is 0 Å². The van der Waals surface area contributed by atoms with Gasteiger partial charge in [0.15, 0.2) is 0 Å². The molecule has 146 valence electrons. The van der Waals surface area contributed by atoms with Crippen molar-refractivity contribution in [3.8, 4) is 0 Å². The summed E-state index contributed by atoms with van der Waals surface area (Å²) in [5.41, 5.74) is -3.36. The average molecular weight is 386 g/mol. The van der Waals surface area contributed by atoms with Gasteiger partial charge in [0.2, 0.25) is 11.5 Å². The minimum absolute atomic E-state index is 0.134. The molecule has 1 aromatic carbocycles. The lowest BCUT2D eigenvalue weighted by Crippen LogP contribution is -2.46. The summed E-state index contributed by atoms with van der Waals surface area (Å²) >= 11 is 0. The molecular weight excluding hydrogens is 369 g/mol. The Labute approximate surface area is 151 Å². The number of nitro groups is 1. The largest absolute Gasteiger partial charge is 0.424 e. The van der Waals surface area contributed by atoms with Crippen LogP contribution in [0.15, 0.2) is 36.7 Å². The molecule has 1 unspecified atom stereocenters. The first-order valence-electron chi connectivity index (χ1n) is 7.82. The van der Waals surface area contributed by atoms with E-state index in [9.17, 15) is 33.2 Å². The van der Waals surface area contributed by atoms with E-state index in [0.29, 0.717) is 0 Å². The number of halogens is 3. The maximum atomic E-state index is 13.4. The molecule has 0 saturated carbocycles. The molecule has 1 aromatic heterocycles. The second-order valence-corrected chi connectivity index (χ2v) is 5.88. The molecule has 0 aliphatic carbocycles. The minimum atomic E-state index is -5.00. The minimum Gasteiger partial charge on any atom is -0.374 e. The number of rotatable bonds is 7. The van der Waals surface area contributed by atoms with Crippen molar-refractivity contribution in [1.82, 2.24) is 14.9 Å². The molecule has 1 atom stereocenters. The number of aromatic nitrogens is 2. The van der Waals surface area contributed by atoms with Crippen LogP contribution in [0.4, 0.5) is 18.9 Å². The van der Waals surface area contributed by atoms with Crippen molar-refractivity contribution in [3.05, 3.63) is 58.2 Å². The zero-order chi connectivity index (χ0) is 20.2. The lowest BCUT2D eigenvalue weighted by molar-refractivity contribution is -0.385. The molecule has 0 radical (unpaired) electrons. The SMILES string of the molecule is Cn1ccnc1C(O)(CCNC(=O)Cc1ccccc1[N+](=O)[O-])C(F)(F)F. The Bertz CT molecular complexity index is 837. The number of nitrogens with one attached hydrogen (secondary N) is 1. The molecule has 0 fully saturated rings. The predicted octanol–water partition coefficient (Wildman–Crippen LogP) is 1.83. The van der Waals surface area contributed by atoms with Crippen LogP contribution in [0, 0.1) is 10.1 Å². The van der Waals surface area contributed by atoms with Crippen LogP contribution in [0.5, 0.6) is 0 Å². The molecule has 11 heteroatoms. The first-order chi connectivity index (χ1) is 12.6. The first kappa shape index (κ1) is 20.4. The Hall–Kier alpha value is -2.95. The summed E-state index contributed by atoms with van der Waals surface area (Å²) in [5.74, 6) is -1.29. The standard InChI is InChI=1S/C16H17F3N4O4/c1-22-9-8-21-14(22)15(25,16(17,18)19)6-7-20-13(24)10-11-4-2-3-5-12(11)23(26)27/h2-5,8-9,25H,6-7,10H2,1H3,(H,20,24). The van der Waals surface area contributed by atoms with Gasteiger partial charge < -0.3 is 15.0 Å². The third-order valence-corrected chi connectivity index (χ3v) is 4.01. The summed E-state index contributed by atoms with van der Waals surface area (Å²) in [4.78, 5) is 25.8. The number of hydrogen-bond acceptors (Lipinski definition) is 5. The van der Waals surface area contributed by atoms with Crippen LogP contribution in [-0.4, -0.2) is 38.2 Å². The van der Waals surface area contributed by atoms with Crippen molar-refractivity contribution < 1.29 is 28.0 Å². The summed E-state index contributed by atoms with van der Waals surface area (Å²) in [6.07, 6.45) is -3.85. The second kappa shape index (κ2) is 7.74. The number of alkyl halides is 3. The number of para-hydroxylation sites is 1. The number of benzene rings is 1. The van der Waals surface area contributed by atoms with Crippen LogP contribution in [-0.2, 0) is 23.9 Å². The van der Waals surface area contributed by atoms with Crippen molar-refractivity contribution in [2.45, 2.75) is 24.6 Å². The molecule has 0 saturated heterocycles. The Morgan fingerprint density at radius 3 is 2.59 bits per heavy atom. The highest BCUT2D eigenvalue weighted by molar-refractivity contribution is 5.79. The molecule has 0 bridgehead atoms. The average Bonchev–Trinajstić information content (AvgIpc) is 3.00. The zero-order valence-corrected chi connectivity index (χ0v) is 14.2. The quantitative estimate of drug-likeness (QED) is 0.557. The smallest absolute Gasteiger partial charge is 0.374 e. The van der Waals surface area contributed by atoms with Crippen LogP contribution >= 0.6 is 0 Å². The summed E-state index contributed by atoms with van der Waals surface area (Å²) in [7, 11) is 1.31. The van der Waals surface area contributed by atoms with Crippen molar-refractivity contribution in [1.29, 1.82) is 0 Å². The van der Waals surface area contributed by atoms with Crippen LogP contribution in [0.25, 0.3) is 0 Å². The van der Waals surface area contributed by atoms with E-state index in [1.807, 2.05) is 0 Å². The highest BCUT2D eigenvalue weighted by Gasteiger charge is 2.57. The number of aliphatic hydroxyl groups is 1. The third kappa shape index (κ3) is 4.42. The van der Waals surface area contributed by atoms with Crippen molar-refractivity contribution >= 4 is 11.6 Å². The second-order valence-electron chi connectivity index (χ2n) is 5.88. The molecule has 2 aromatic rings. The van der Waals surface area contributed by atoms with Gasteiger partial charge in [0.05, 0.1) is 11.3 Å². The zero-order valence-electron chi connectivity index (χ0n) is 14.2. The van der Waals surface area contributed by atoms with Gasteiger partial charge >= 0.3 is 6.18 Å². The van der Waals surface area contributed by atoms with Gasteiger partial charge in [-0.15, -0.1) is 0 Å². The third-order valence-electron chi connectivity index (χ3n) is 4.01. The Kier molecular flexibility index (Phi) is 5.84. The molecule has 8 nitrogen and oxygen atoms in total. The maximum Gasteiger partial charge on any atom is 0.424 e. The van der Waals surface area contributed by atoms with E-state index in [1.165, 1.54) is 37.5 Å². The summed E-state index contributed by atoms with van der Waals surface area (Å²) < 4.78 is 41.2. The van der Waals surface area contributed by atoms with Crippen LogP contribution in [0.1, 0.15) is 17.8 Å². The molecule has 1 heterocycles. The van der Waals surface area contributed by atoms with Gasteiger partial charge in [-0.2, -0.15) is 13.2 Å². The van der Waals surface area contributed by atoms with Crippen molar-refractivity contribution in [3.63, 3.8) is 0 Å². The summed E-state index contributed by atoms with van der Waals surface area (Å²) in [6, 6.07) is 5.57. The lowest BCUT2D eigenvalue weighted by atomic mass is 9.97. The monoisotopic (exact) mass is 386 g/mol. The number of nitro benzene ring substituents is 1. The fourth-order valence-corrected chi connectivity index (χ4v) is 2.60. The Balaban J connectivity index is 2.05. The normalized spacial score (nSPS) is 13.8. The number of carbonyl (C=O) groups excluding carboxylic acids is 1. The Morgan fingerprint density at radius 2 is 2.04 bits per heavy atom. The number of carbonyl (C=O) groups is 1. The number of hydrogen-bond donors (Lipinski definition) is 2. The first-order valence-corrected chi connectivity index (χ1v) is 7.82. The molecule has 0 spiro atoms. The fraction of sp³-hybridized carbons (Fsp3) is 0.375. The molecule has 2 N–H and O–H groups in total. The fourth-order valence-electron chi connectivity index (χ4n) is 2.60. The van der Waals surface area contributed by atoms with Crippen LogP contribution in [0.3, 0.4) is 0 Å². The number of aryl methyl sites for hydroxylation is 1. The predicted molar refractivity (Wildman–Crippen MR) is 87.6 cm³/mol. The number of imidazole rings is 1. The van der Waals surface area contributed by atoms with Gasteiger partial charge in [0, 0.05) is 44.0 Å². The molecule has 2 rings (SSSR count). The van der Waals surface area contributed by atoms with E-state index in [-0.39, 0.29) is 17.7 Å². The van der Waals surface area contributed by atoms with Crippen LogP contribution < -0.4 is 5.32 Å². The lowest BCUT2D eigenvalue weighted by Gasteiger charge is -2.29.